The zero-order valence-electron chi connectivity index (χ0n) is 25.0. The number of carbonyl (C=O) groups excluding carboxylic acids is 2. The van der Waals surface area contributed by atoms with Gasteiger partial charge in [-0.2, -0.15) is 0 Å². The molecule has 2 heterocycles. The van der Waals surface area contributed by atoms with Gasteiger partial charge in [0, 0.05) is 34.7 Å². The number of ether oxygens (including phenoxy) is 2. The second-order valence-corrected chi connectivity index (χ2v) is 13.8. The van der Waals surface area contributed by atoms with E-state index in [9.17, 15) is 24.9 Å². The fourth-order valence-electron chi connectivity index (χ4n) is 9.72. The molecule has 8 nitrogen and oxygen atoms in total. The van der Waals surface area contributed by atoms with E-state index < -0.39 is 47.3 Å². The van der Waals surface area contributed by atoms with Crippen LogP contribution >= 0.6 is 0 Å². The summed E-state index contributed by atoms with van der Waals surface area (Å²) >= 11 is 0. The van der Waals surface area contributed by atoms with Crippen LogP contribution in [-0.4, -0.2) is 55.9 Å². The minimum atomic E-state index is -1.37. The Bertz CT molecular complexity index is 1510. The molecule has 228 valence electrons. The molecule has 4 aliphatic carbocycles. The van der Waals surface area contributed by atoms with Crippen LogP contribution in [0.15, 0.2) is 66.5 Å². The van der Waals surface area contributed by atoms with Gasteiger partial charge < -0.3 is 29.4 Å². The predicted molar refractivity (Wildman–Crippen MR) is 158 cm³/mol. The normalized spacial score (nSPS) is 40.3. The summed E-state index contributed by atoms with van der Waals surface area (Å²) in [6.45, 7) is 5.62. The molecule has 2 aromatic rings. The molecule has 0 bridgehead atoms. The Hall–Kier alpha value is -2.88. The van der Waals surface area contributed by atoms with Crippen molar-refractivity contribution in [2.24, 2.45) is 28.6 Å². The Morgan fingerprint density at radius 2 is 1.93 bits per heavy atom. The number of nitrogens with zero attached hydrogens (tertiary/aromatic N) is 1. The summed E-state index contributed by atoms with van der Waals surface area (Å²) in [7, 11) is 0. The number of fused-ring (bicyclic) bond motifs is 7. The van der Waals surface area contributed by atoms with Gasteiger partial charge in [0.05, 0.1) is 24.9 Å². The lowest BCUT2D eigenvalue weighted by molar-refractivity contribution is -0.201. The molecule has 7 rings (SSSR count). The number of ketones is 2. The fourth-order valence-corrected chi connectivity index (χ4v) is 9.72. The molecular weight excluding hydrogens is 546 g/mol. The second-order valence-electron chi connectivity index (χ2n) is 13.8. The summed E-state index contributed by atoms with van der Waals surface area (Å²) in [5.74, 6) is -0.295. The SMILES string of the molecule is C[C@@H](c1ccc(CO)cc1)n1ccc([C@@H]2O[C@@H]3C[C@H]4[C@@H]5CCC6=CC(=O)C=C[C@]6(C)[C@H]5[C@@H](O)C[C@]4(C)[C@]3(C(=O)CO)O2)c1. The maximum absolute atomic E-state index is 13.8. The van der Waals surface area contributed by atoms with Gasteiger partial charge in [-0.1, -0.05) is 49.8 Å². The number of aliphatic hydroxyl groups is 3. The molecule has 0 spiro atoms. The third kappa shape index (κ3) is 4.00. The first-order chi connectivity index (χ1) is 20.6. The average molecular weight is 588 g/mol. The molecule has 1 saturated heterocycles. The minimum absolute atomic E-state index is 0.000344. The molecule has 8 heteroatoms. The van der Waals surface area contributed by atoms with Crippen LogP contribution in [-0.2, 0) is 25.7 Å². The van der Waals surface area contributed by atoms with Crippen LogP contribution in [0.4, 0.5) is 0 Å². The maximum Gasteiger partial charge on any atom is 0.193 e. The third-order valence-electron chi connectivity index (χ3n) is 11.9. The predicted octanol–water partition coefficient (Wildman–Crippen LogP) is 4.19. The zero-order valence-corrected chi connectivity index (χ0v) is 25.0. The van der Waals surface area contributed by atoms with E-state index in [1.165, 1.54) is 0 Å². The standard InChI is InChI=1S/C35H41NO7/c1-20(22-6-4-21(18-37)5-7-22)36-13-11-23(17-36)32-42-30-15-27-26-9-8-24-14-25(39)10-12-33(24,2)31(26)28(40)16-34(27,3)35(30,43-32)29(41)19-38/h4-7,10-14,17,20,26-28,30-32,37-38,40H,8-9,15-16,18-19H2,1-3H3/t20-,26-,27-,28-,30+,31+,32+,33-,34-,35+/m0/s1. The van der Waals surface area contributed by atoms with Crippen molar-refractivity contribution in [3.63, 3.8) is 0 Å². The number of aliphatic hydroxyl groups excluding tert-OH is 3. The molecule has 5 aliphatic rings. The van der Waals surface area contributed by atoms with E-state index in [4.69, 9.17) is 9.47 Å². The lowest BCUT2D eigenvalue weighted by atomic mass is 9.46. The maximum atomic E-state index is 13.8. The van der Waals surface area contributed by atoms with Crippen LogP contribution in [0.5, 0.6) is 0 Å². The molecule has 1 aliphatic heterocycles. The molecule has 0 unspecified atom stereocenters. The number of hydrogen-bond acceptors (Lipinski definition) is 7. The van der Waals surface area contributed by atoms with Crippen LogP contribution in [0, 0.1) is 28.6 Å². The molecule has 43 heavy (non-hydrogen) atoms. The van der Waals surface area contributed by atoms with Crippen molar-refractivity contribution in [1.82, 2.24) is 4.57 Å². The smallest absolute Gasteiger partial charge is 0.193 e. The molecular formula is C35H41NO7. The number of hydrogen-bond donors (Lipinski definition) is 3. The first kappa shape index (κ1) is 28.9. The molecule has 1 aromatic carbocycles. The quantitative estimate of drug-likeness (QED) is 0.464. The van der Waals surface area contributed by atoms with Crippen molar-refractivity contribution < 1.29 is 34.4 Å². The summed E-state index contributed by atoms with van der Waals surface area (Å²) < 4.78 is 15.4. The Kier molecular flexibility index (Phi) is 6.76. The molecule has 3 N–H and O–H groups in total. The van der Waals surface area contributed by atoms with Gasteiger partial charge in [0.1, 0.15) is 6.61 Å². The van der Waals surface area contributed by atoms with E-state index in [0.29, 0.717) is 12.8 Å². The highest BCUT2D eigenvalue weighted by Crippen LogP contribution is 2.70. The van der Waals surface area contributed by atoms with Crippen LogP contribution in [0.2, 0.25) is 0 Å². The monoisotopic (exact) mass is 587 g/mol. The number of aromatic nitrogens is 1. The lowest BCUT2D eigenvalue weighted by Crippen LogP contribution is -2.63. The molecule has 3 saturated carbocycles. The minimum Gasteiger partial charge on any atom is -0.393 e. The Balaban J connectivity index is 1.18. The van der Waals surface area contributed by atoms with Gasteiger partial charge in [-0.25, -0.2) is 0 Å². The first-order valence-corrected chi connectivity index (χ1v) is 15.5. The number of Topliss-reactive ketones (excluding diaryl/α,β-unsaturated/α-hetero) is 1. The average Bonchev–Trinajstić information content (AvgIpc) is 3.70. The number of carbonyl (C=O) groups is 2. The summed E-state index contributed by atoms with van der Waals surface area (Å²) in [5, 5.41) is 31.5. The number of allylic oxidation sites excluding steroid dienone is 4. The largest absolute Gasteiger partial charge is 0.393 e. The summed E-state index contributed by atoms with van der Waals surface area (Å²) in [5.41, 5.74) is 1.32. The van der Waals surface area contributed by atoms with Gasteiger partial charge in [0.2, 0.25) is 0 Å². The Morgan fingerprint density at radius 1 is 1.16 bits per heavy atom. The highest BCUT2D eigenvalue weighted by Gasteiger charge is 2.75. The molecule has 0 radical (unpaired) electrons. The summed E-state index contributed by atoms with van der Waals surface area (Å²) in [6, 6.07) is 9.81. The van der Waals surface area contributed by atoms with Gasteiger partial charge in [-0.15, -0.1) is 0 Å². The van der Waals surface area contributed by atoms with Crippen molar-refractivity contribution in [2.75, 3.05) is 6.61 Å². The van der Waals surface area contributed by atoms with E-state index in [1.807, 2.05) is 55.7 Å². The number of rotatable bonds is 6. The van der Waals surface area contributed by atoms with Crippen LogP contribution < -0.4 is 0 Å². The van der Waals surface area contributed by atoms with Gasteiger partial charge in [-0.3, -0.25) is 9.59 Å². The highest BCUT2D eigenvalue weighted by molar-refractivity contribution is 6.01. The van der Waals surface area contributed by atoms with Crippen molar-refractivity contribution in [1.29, 1.82) is 0 Å². The summed E-state index contributed by atoms with van der Waals surface area (Å²) in [6.07, 6.45) is 9.83. The first-order valence-electron chi connectivity index (χ1n) is 15.5. The molecule has 10 atom stereocenters. The van der Waals surface area contributed by atoms with Gasteiger partial charge in [0.15, 0.2) is 23.5 Å². The van der Waals surface area contributed by atoms with E-state index in [0.717, 1.165) is 35.1 Å². The van der Waals surface area contributed by atoms with Crippen LogP contribution in [0.1, 0.15) is 75.5 Å². The van der Waals surface area contributed by atoms with E-state index >= 15 is 0 Å². The Morgan fingerprint density at radius 3 is 2.65 bits per heavy atom. The molecule has 0 amide bonds. The van der Waals surface area contributed by atoms with E-state index in [1.54, 1.807) is 12.2 Å². The van der Waals surface area contributed by atoms with Gasteiger partial charge >= 0.3 is 0 Å². The fraction of sp³-hybridized carbons (Fsp3) is 0.543. The highest BCUT2D eigenvalue weighted by atomic mass is 16.7. The number of benzene rings is 1. The molecule has 4 fully saturated rings. The van der Waals surface area contributed by atoms with E-state index in [-0.39, 0.29) is 36.2 Å². The van der Waals surface area contributed by atoms with Crippen molar-refractivity contribution in [2.45, 2.75) is 83.2 Å². The van der Waals surface area contributed by atoms with Crippen molar-refractivity contribution in [3.05, 3.63) is 83.2 Å². The third-order valence-corrected chi connectivity index (χ3v) is 11.9. The van der Waals surface area contributed by atoms with Crippen LogP contribution in [0.3, 0.4) is 0 Å². The topological polar surface area (TPSA) is 118 Å². The molecule has 1 aromatic heterocycles. The Labute approximate surface area is 252 Å². The van der Waals surface area contributed by atoms with Gasteiger partial charge in [-0.05, 0) is 73.8 Å². The van der Waals surface area contributed by atoms with Crippen molar-refractivity contribution >= 4 is 11.6 Å². The van der Waals surface area contributed by atoms with Crippen LogP contribution in [0.25, 0.3) is 0 Å². The lowest BCUT2D eigenvalue weighted by Gasteiger charge is -2.59. The van der Waals surface area contributed by atoms with E-state index in [2.05, 4.69) is 18.4 Å². The zero-order chi connectivity index (χ0) is 30.3. The second kappa shape index (κ2) is 10.1. The summed E-state index contributed by atoms with van der Waals surface area (Å²) in [4.78, 5) is 26.0. The van der Waals surface area contributed by atoms with Gasteiger partial charge in [0.25, 0.3) is 0 Å². The van der Waals surface area contributed by atoms with Crippen molar-refractivity contribution in [3.8, 4) is 0 Å².